The molecule has 0 atom stereocenters. The molecule has 0 aliphatic rings. The van der Waals surface area contributed by atoms with E-state index in [1.807, 2.05) is 0 Å². The second-order valence-electron chi connectivity index (χ2n) is 0.716. The van der Waals surface area contributed by atoms with Crippen molar-refractivity contribution in [1.82, 2.24) is 3.93 Å². The summed E-state index contributed by atoms with van der Waals surface area (Å²) < 4.78 is 47.4. The molecule has 0 rings (SSSR count). The molecule has 0 saturated carbocycles. The number of halogens is 1. The van der Waals surface area contributed by atoms with E-state index < -0.39 is 25.7 Å². The molecule has 0 radical (unpaired) electrons. The van der Waals surface area contributed by atoms with Gasteiger partial charge in [-0.2, -0.15) is 0 Å². The quantitative estimate of drug-likeness (QED) is 0.275. The molecule has 0 aliphatic carbocycles. The van der Waals surface area contributed by atoms with Crippen molar-refractivity contribution in [2.24, 2.45) is 0 Å². The van der Waals surface area contributed by atoms with Crippen LogP contribution in [0.25, 0.3) is 0 Å². The molecule has 0 aromatic carbocycles. The third-order valence-corrected chi connectivity index (χ3v) is 1.68. The van der Waals surface area contributed by atoms with Gasteiger partial charge in [-0.3, -0.25) is 0 Å². The zero-order valence-corrected chi connectivity index (χ0v) is 5.14. The third kappa shape index (κ3) is 4.86. The van der Waals surface area contributed by atoms with E-state index in [2.05, 4.69) is 0 Å². The Kier molecular flexibility index (Phi) is 6.98. The molecular weight excluding hydrogens is 168 g/mol. The van der Waals surface area contributed by atoms with E-state index in [9.17, 15) is 21.3 Å². The van der Waals surface area contributed by atoms with Gasteiger partial charge in [0.1, 0.15) is 0 Å². The first-order chi connectivity index (χ1) is 3.55. The molecule has 9 heavy (non-hydrogen) atoms. The van der Waals surface area contributed by atoms with E-state index >= 15 is 0 Å². The molecule has 0 aromatic heterocycles. The van der Waals surface area contributed by atoms with Crippen molar-refractivity contribution in [3.63, 3.8) is 0 Å². The molecular formula is H3FLiNO4S2. The topological polar surface area (TPSA) is 71.5 Å². The molecule has 5 nitrogen and oxygen atoms in total. The van der Waals surface area contributed by atoms with Crippen LogP contribution in [0.5, 0.6) is 0 Å². The molecule has 0 spiro atoms. The van der Waals surface area contributed by atoms with Crippen LogP contribution >= 0.6 is 0 Å². The molecule has 0 aromatic rings. The number of nitrogens with zero attached hydrogens (tertiary/aromatic N) is 1. The number of rotatable bonds is 2. The Balaban J connectivity index is 0. The monoisotopic (exact) mass is 171 g/mol. The van der Waals surface area contributed by atoms with Crippen molar-refractivity contribution in [2.45, 2.75) is 0 Å². The van der Waals surface area contributed by atoms with Gasteiger partial charge in [0, 0.05) is 0 Å². The molecule has 0 heterocycles. The Hall–Kier alpha value is 0.387. The minimum absolute atomic E-state index is 0. The van der Waals surface area contributed by atoms with E-state index in [0.717, 1.165) is 0 Å². The molecule has 0 saturated heterocycles. The van der Waals surface area contributed by atoms with Gasteiger partial charge in [-0.1, -0.05) is 0 Å². The third-order valence-electron chi connectivity index (χ3n) is 0.270. The minimum atomic E-state index is -3.63. The van der Waals surface area contributed by atoms with Crippen molar-refractivity contribution in [3.8, 4) is 0 Å². The van der Waals surface area contributed by atoms with Crippen LogP contribution in [0.3, 0.4) is 0 Å². The fraction of sp³-hybridized carbons (Fsp3) is 0. The Labute approximate surface area is 66.1 Å². The second-order valence-corrected chi connectivity index (χ2v) is 2.69. The van der Waals surface area contributed by atoms with Crippen molar-refractivity contribution >= 4 is 40.6 Å². The van der Waals surface area contributed by atoms with Crippen LogP contribution in [0.2, 0.25) is 0 Å². The second kappa shape index (κ2) is 5.19. The van der Waals surface area contributed by atoms with Crippen LogP contribution < -0.4 is 0 Å². The van der Waals surface area contributed by atoms with Crippen molar-refractivity contribution in [1.29, 1.82) is 0 Å². The average Bonchev–Trinajstić information content (AvgIpc) is 1.64. The van der Waals surface area contributed by atoms with Gasteiger partial charge >= 0.3 is 18.9 Å². The summed E-state index contributed by atoms with van der Waals surface area (Å²) in [6, 6.07) is 0. The first-order valence-corrected chi connectivity index (χ1v) is 3.56. The van der Waals surface area contributed by atoms with Gasteiger partial charge < -0.3 is 0 Å². The normalized spacial score (nSPS) is 10.2. The van der Waals surface area contributed by atoms with Gasteiger partial charge in [-0.05, 0) is 0 Å². The van der Waals surface area contributed by atoms with Crippen molar-refractivity contribution in [2.75, 3.05) is 0 Å². The van der Waals surface area contributed by atoms with Gasteiger partial charge in [0.2, 0.25) is 21.8 Å². The predicted octanol–water partition coefficient (Wildman–Crippen LogP) is -2.42. The van der Waals surface area contributed by atoms with Gasteiger partial charge in [-0.25, -0.2) is 16.8 Å². The molecule has 0 fully saturated rings. The first-order valence-electron chi connectivity index (χ1n) is 1.30. The molecule has 0 amide bonds. The summed E-state index contributed by atoms with van der Waals surface area (Å²) in [7, 11) is -7.26. The van der Waals surface area contributed by atoms with E-state index in [-0.39, 0.29) is 18.9 Å². The zero-order valence-electron chi connectivity index (χ0n) is 3.35. The van der Waals surface area contributed by atoms with Crippen LogP contribution in [0.15, 0.2) is 0 Å². The number of hydrogen-bond acceptors (Lipinski definition) is 4. The Morgan fingerprint density at radius 2 is 1.22 bits per heavy atom. The van der Waals surface area contributed by atoms with E-state index in [4.69, 9.17) is 0 Å². The zero-order chi connectivity index (χ0) is 6.73. The van der Waals surface area contributed by atoms with Gasteiger partial charge in [0.05, 0.1) is 3.93 Å². The summed E-state index contributed by atoms with van der Waals surface area (Å²) in [6.07, 6.45) is 0. The average molecular weight is 171 g/mol. The molecule has 0 N–H and O–H groups in total. The number of hydrogen-bond donors (Lipinski definition) is 2. The SMILES string of the molecule is O=[SH](=O)N(F)[SH](=O)=O.[LiH]. The Bertz CT molecular complexity index is 169. The molecule has 52 valence electrons. The van der Waals surface area contributed by atoms with Crippen LogP contribution in [-0.2, 0) is 21.8 Å². The van der Waals surface area contributed by atoms with E-state index in [0.29, 0.717) is 0 Å². The summed E-state index contributed by atoms with van der Waals surface area (Å²) >= 11 is 0. The molecule has 0 unspecified atom stereocenters. The molecule has 0 bridgehead atoms. The summed E-state index contributed by atoms with van der Waals surface area (Å²) in [5.41, 5.74) is 0. The summed E-state index contributed by atoms with van der Waals surface area (Å²) in [5.74, 6) is 0. The summed E-state index contributed by atoms with van der Waals surface area (Å²) in [6.45, 7) is 0. The fourth-order valence-corrected chi connectivity index (χ4v) is 0.537. The Morgan fingerprint density at radius 1 is 1.00 bits per heavy atom. The van der Waals surface area contributed by atoms with Crippen molar-refractivity contribution < 1.29 is 21.3 Å². The van der Waals surface area contributed by atoms with Gasteiger partial charge in [0.25, 0.3) is 0 Å². The van der Waals surface area contributed by atoms with Crippen LogP contribution in [-0.4, -0.2) is 39.6 Å². The van der Waals surface area contributed by atoms with E-state index in [1.54, 1.807) is 0 Å². The molecule has 9 heteroatoms. The maximum absolute atomic E-state index is 11.3. The Morgan fingerprint density at radius 3 is 1.22 bits per heavy atom. The van der Waals surface area contributed by atoms with Crippen molar-refractivity contribution in [3.05, 3.63) is 0 Å². The fourth-order valence-electron chi connectivity index (χ4n) is 0.0596. The van der Waals surface area contributed by atoms with Crippen LogP contribution in [0.4, 0.5) is 4.48 Å². The van der Waals surface area contributed by atoms with Gasteiger partial charge in [-0.15, -0.1) is 4.48 Å². The van der Waals surface area contributed by atoms with Crippen LogP contribution in [0.1, 0.15) is 0 Å². The summed E-state index contributed by atoms with van der Waals surface area (Å²) in [4.78, 5) is 0. The standard InChI is InChI=1S/FH2NO4S2.Li.H/c1-2(7(3)4)8(5)6;;/h7-8H;;. The summed E-state index contributed by atoms with van der Waals surface area (Å²) in [5, 5.41) is 0. The molecule has 0 aliphatic heterocycles. The van der Waals surface area contributed by atoms with Crippen LogP contribution in [0, 0.1) is 0 Å². The maximum atomic E-state index is 11.3. The van der Waals surface area contributed by atoms with Gasteiger partial charge in [0.15, 0.2) is 0 Å². The first kappa shape index (κ1) is 12.1. The predicted molar refractivity (Wildman–Crippen MR) is 30.7 cm³/mol. The van der Waals surface area contributed by atoms with E-state index in [1.165, 1.54) is 0 Å². The number of thiol groups is 2.